The van der Waals surface area contributed by atoms with Crippen molar-refractivity contribution in [2.45, 2.75) is 0 Å². The van der Waals surface area contributed by atoms with Gasteiger partial charge in [-0.3, -0.25) is 14.7 Å². The van der Waals surface area contributed by atoms with Crippen LogP contribution in [0.4, 0.5) is 5.69 Å². The lowest BCUT2D eigenvalue weighted by atomic mass is 10.1. The fraction of sp³-hybridized carbons (Fsp3) is 0.0370. The lowest BCUT2D eigenvalue weighted by Crippen LogP contribution is -2.23. The molecule has 0 fully saturated rings. The molecule has 35 heavy (non-hydrogen) atoms. The average Bonchev–Trinajstić information content (AvgIpc) is 3.40. The van der Waals surface area contributed by atoms with Crippen LogP contribution in [0.3, 0.4) is 0 Å². The first kappa shape index (κ1) is 21.8. The maximum Gasteiger partial charge on any atom is 0.261 e. The van der Waals surface area contributed by atoms with Gasteiger partial charge >= 0.3 is 0 Å². The van der Waals surface area contributed by atoms with Gasteiger partial charge in [-0.05, 0) is 48.5 Å². The van der Waals surface area contributed by atoms with Gasteiger partial charge in [0.2, 0.25) is 0 Å². The molecule has 0 saturated heterocycles. The molecule has 0 radical (unpaired) electrons. The third kappa shape index (κ3) is 4.58. The average molecular weight is 463 g/mol. The van der Waals surface area contributed by atoms with E-state index in [1.807, 2.05) is 60.7 Å². The van der Waals surface area contributed by atoms with Gasteiger partial charge in [0, 0.05) is 22.4 Å². The largest absolute Gasteiger partial charge is 0.496 e. The molecule has 1 amide bonds. The maximum atomic E-state index is 12.7. The second-order valence-electron chi connectivity index (χ2n) is 7.72. The van der Waals surface area contributed by atoms with E-state index in [2.05, 4.69) is 25.5 Å². The molecular formula is C27H21N5O3. The molecule has 0 aliphatic rings. The van der Waals surface area contributed by atoms with Crippen molar-refractivity contribution < 1.29 is 9.53 Å². The van der Waals surface area contributed by atoms with E-state index in [-0.39, 0.29) is 5.56 Å². The summed E-state index contributed by atoms with van der Waals surface area (Å²) in [6.45, 7) is 0. The number of nitrogens with one attached hydrogen (secondary N) is 3. The topological polar surface area (TPSA) is 113 Å². The summed E-state index contributed by atoms with van der Waals surface area (Å²) in [7, 11) is 1.56. The first-order valence-corrected chi connectivity index (χ1v) is 10.9. The van der Waals surface area contributed by atoms with Crippen LogP contribution in [0.1, 0.15) is 10.4 Å². The number of hydrogen-bond donors (Lipinski definition) is 3. The molecule has 5 rings (SSSR count). The number of nitrogens with zero attached hydrogens (tertiary/aromatic N) is 2. The van der Waals surface area contributed by atoms with E-state index in [1.54, 1.807) is 31.4 Å². The Morgan fingerprint density at radius 1 is 0.857 bits per heavy atom. The lowest BCUT2D eigenvalue weighted by Gasteiger charge is -2.09. The van der Waals surface area contributed by atoms with Crippen LogP contribution >= 0.6 is 0 Å². The number of carbonyl (C=O) groups is 1. The van der Waals surface area contributed by atoms with Crippen molar-refractivity contribution in [3.63, 3.8) is 0 Å². The van der Waals surface area contributed by atoms with Crippen molar-refractivity contribution in [2.75, 3.05) is 12.4 Å². The molecule has 8 nitrogen and oxygen atoms in total. The summed E-state index contributed by atoms with van der Waals surface area (Å²) in [6, 6.07) is 27.3. The van der Waals surface area contributed by atoms with E-state index in [0.29, 0.717) is 28.8 Å². The van der Waals surface area contributed by atoms with Crippen LogP contribution < -0.4 is 15.6 Å². The van der Waals surface area contributed by atoms with Crippen LogP contribution in [0.2, 0.25) is 0 Å². The number of amides is 1. The molecule has 0 spiro atoms. The van der Waals surface area contributed by atoms with Crippen LogP contribution in [0.5, 0.6) is 5.75 Å². The Hall–Kier alpha value is -4.98. The number of pyridine rings is 1. The number of anilines is 1. The minimum absolute atomic E-state index is 0.00969. The third-order valence-electron chi connectivity index (χ3n) is 5.48. The molecule has 8 heteroatoms. The van der Waals surface area contributed by atoms with Crippen LogP contribution in [0.15, 0.2) is 95.8 Å². The Morgan fingerprint density at radius 2 is 1.60 bits per heavy atom. The molecule has 2 aromatic heterocycles. The number of ether oxygens (including phenoxy) is 1. The quantitative estimate of drug-likeness (QED) is 0.336. The molecule has 0 unspecified atom stereocenters. The van der Waals surface area contributed by atoms with Crippen molar-refractivity contribution in [2.24, 2.45) is 0 Å². The zero-order valence-electron chi connectivity index (χ0n) is 18.8. The van der Waals surface area contributed by atoms with E-state index >= 15 is 0 Å². The predicted octanol–water partition coefficient (Wildman–Crippen LogP) is 4.75. The number of aromatic amines is 2. The minimum atomic E-state index is -0.503. The highest BCUT2D eigenvalue weighted by atomic mass is 16.5. The van der Waals surface area contributed by atoms with Gasteiger partial charge in [-0.1, -0.05) is 42.5 Å². The van der Waals surface area contributed by atoms with Crippen LogP contribution in [-0.2, 0) is 0 Å². The van der Waals surface area contributed by atoms with E-state index < -0.39 is 11.5 Å². The van der Waals surface area contributed by atoms with Gasteiger partial charge in [0.1, 0.15) is 11.3 Å². The van der Waals surface area contributed by atoms with Gasteiger partial charge in [0.15, 0.2) is 11.6 Å². The van der Waals surface area contributed by atoms with E-state index in [4.69, 9.17) is 4.74 Å². The van der Waals surface area contributed by atoms with Crippen molar-refractivity contribution in [1.82, 2.24) is 20.2 Å². The number of carbonyl (C=O) groups excluding carboxylic acids is 1. The summed E-state index contributed by atoms with van der Waals surface area (Å²) in [6.07, 6.45) is 0. The summed E-state index contributed by atoms with van der Waals surface area (Å²) in [5.41, 5.74) is 3.10. The molecule has 3 N–H and O–H groups in total. The molecule has 3 aromatic carbocycles. The Morgan fingerprint density at radius 3 is 2.34 bits per heavy atom. The molecule has 0 bridgehead atoms. The molecule has 0 saturated carbocycles. The highest BCUT2D eigenvalue weighted by Gasteiger charge is 2.14. The van der Waals surface area contributed by atoms with E-state index in [0.717, 1.165) is 16.7 Å². The Bertz CT molecular complexity index is 1540. The van der Waals surface area contributed by atoms with Crippen LogP contribution in [0, 0.1) is 0 Å². The minimum Gasteiger partial charge on any atom is -0.496 e. The summed E-state index contributed by atoms with van der Waals surface area (Å²) < 4.78 is 5.35. The second kappa shape index (κ2) is 9.48. The first-order chi connectivity index (χ1) is 17.1. The van der Waals surface area contributed by atoms with Gasteiger partial charge in [-0.25, -0.2) is 4.98 Å². The number of para-hydroxylation sites is 1. The SMILES string of the molecule is COc1ccccc1-c1ccc(C(=O)Nc2ccc(-c3nc(-c4ccccc4)n[nH]3)cc2)c(=O)[nH]1. The Kier molecular flexibility index (Phi) is 5.92. The van der Waals surface area contributed by atoms with Gasteiger partial charge < -0.3 is 15.0 Å². The van der Waals surface area contributed by atoms with Crippen LogP contribution in [0.25, 0.3) is 34.0 Å². The van der Waals surface area contributed by atoms with Crippen molar-refractivity contribution in [3.8, 4) is 39.8 Å². The van der Waals surface area contributed by atoms with Crippen molar-refractivity contribution in [1.29, 1.82) is 0 Å². The molecular weight excluding hydrogens is 442 g/mol. The first-order valence-electron chi connectivity index (χ1n) is 10.9. The number of rotatable bonds is 6. The van der Waals surface area contributed by atoms with Gasteiger partial charge in [0.25, 0.3) is 11.5 Å². The summed E-state index contributed by atoms with van der Waals surface area (Å²) in [4.78, 5) is 32.7. The molecule has 0 aliphatic carbocycles. The summed E-state index contributed by atoms with van der Waals surface area (Å²) in [5.74, 6) is 1.35. The van der Waals surface area contributed by atoms with E-state index in [1.165, 1.54) is 6.07 Å². The van der Waals surface area contributed by atoms with Gasteiger partial charge in [-0.15, -0.1) is 0 Å². The summed E-state index contributed by atoms with van der Waals surface area (Å²) in [5, 5.41) is 9.97. The molecule has 172 valence electrons. The van der Waals surface area contributed by atoms with Crippen molar-refractivity contribution in [3.05, 3.63) is 107 Å². The lowest BCUT2D eigenvalue weighted by molar-refractivity contribution is 0.102. The highest BCUT2D eigenvalue weighted by Crippen LogP contribution is 2.27. The maximum absolute atomic E-state index is 12.7. The van der Waals surface area contributed by atoms with Gasteiger partial charge in [-0.2, -0.15) is 5.10 Å². The number of hydrogen-bond acceptors (Lipinski definition) is 5. The monoisotopic (exact) mass is 463 g/mol. The summed E-state index contributed by atoms with van der Waals surface area (Å²) >= 11 is 0. The van der Waals surface area contributed by atoms with Crippen LogP contribution in [-0.4, -0.2) is 33.2 Å². The fourth-order valence-corrected chi connectivity index (χ4v) is 3.69. The Labute approximate surface area is 200 Å². The molecule has 0 aliphatic heterocycles. The Balaban J connectivity index is 1.31. The van der Waals surface area contributed by atoms with Crippen molar-refractivity contribution >= 4 is 11.6 Å². The fourth-order valence-electron chi connectivity index (χ4n) is 3.69. The zero-order chi connectivity index (χ0) is 24.2. The second-order valence-corrected chi connectivity index (χ2v) is 7.72. The molecule has 5 aromatic rings. The number of methoxy groups -OCH3 is 1. The highest BCUT2D eigenvalue weighted by molar-refractivity contribution is 6.04. The standard InChI is InChI=1S/C27H21N5O3/c1-35-23-10-6-5-9-20(23)22-16-15-21(27(34)29-22)26(33)28-19-13-11-18(12-14-19)25-30-24(31-32-25)17-7-3-2-4-8-17/h2-16H,1H3,(H,28,33)(H,29,34)(H,30,31,32). The predicted molar refractivity (Wildman–Crippen MR) is 134 cm³/mol. The molecule has 2 heterocycles. The third-order valence-corrected chi connectivity index (χ3v) is 5.48. The zero-order valence-corrected chi connectivity index (χ0v) is 18.8. The normalized spacial score (nSPS) is 10.7. The van der Waals surface area contributed by atoms with Gasteiger partial charge in [0.05, 0.1) is 12.8 Å². The molecule has 0 atom stereocenters. The number of aromatic nitrogens is 4. The van der Waals surface area contributed by atoms with E-state index in [9.17, 15) is 9.59 Å². The smallest absolute Gasteiger partial charge is 0.261 e. The number of H-pyrrole nitrogens is 2. The number of benzene rings is 3.